The molecule has 0 aromatic heterocycles. The number of aryl methyl sites for hydroxylation is 1. The molecule has 4 aliphatic rings. The smallest absolute Gasteiger partial charge is 0.255 e. The van der Waals surface area contributed by atoms with Crippen molar-refractivity contribution in [2.75, 3.05) is 0 Å². The first-order chi connectivity index (χ1) is 17.6. The van der Waals surface area contributed by atoms with E-state index in [1.54, 1.807) is 16.7 Å². The maximum absolute atomic E-state index is 13.0. The van der Waals surface area contributed by atoms with E-state index in [-0.39, 0.29) is 24.1 Å². The van der Waals surface area contributed by atoms with Gasteiger partial charge in [-0.25, -0.2) is 0 Å². The molecule has 2 aliphatic carbocycles. The minimum atomic E-state index is -0.572. The van der Waals surface area contributed by atoms with Gasteiger partial charge in [0.15, 0.2) is 0 Å². The Kier molecular flexibility index (Phi) is 6.63. The highest BCUT2D eigenvalue weighted by molar-refractivity contribution is 7.98. The quantitative estimate of drug-likeness (QED) is 0.344. The van der Waals surface area contributed by atoms with Crippen LogP contribution in [0.25, 0.3) is 0 Å². The number of piperidine rings is 1. The Morgan fingerprint density at radius 1 is 0.917 bits per heavy atom. The van der Waals surface area contributed by atoms with Gasteiger partial charge in [-0.1, -0.05) is 30.3 Å². The minimum absolute atomic E-state index is 0.114. The largest absolute Gasteiger partial charge is 0.322 e. The summed E-state index contributed by atoms with van der Waals surface area (Å²) in [6.45, 7) is 0.422. The average molecular weight is 503 g/mol. The van der Waals surface area contributed by atoms with Crippen molar-refractivity contribution < 1.29 is 14.4 Å². The highest BCUT2D eigenvalue weighted by Gasteiger charge is 2.41. The van der Waals surface area contributed by atoms with Crippen LogP contribution in [0.5, 0.6) is 0 Å². The molecule has 5 nitrogen and oxygen atoms in total. The van der Waals surface area contributed by atoms with Crippen LogP contribution in [-0.2, 0) is 28.3 Å². The summed E-state index contributed by atoms with van der Waals surface area (Å²) in [5.74, 6) is 3.20. The summed E-state index contributed by atoms with van der Waals surface area (Å²) in [5.41, 5.74) is 4.38. The third-order valence-electron chi connectivity index (χ3n) is 8.41. The summed E-state index contributed by atoms with van der Waals surface area (Å²) in [6, 6.07) is 14.3. The van der Waals surface area contributed by atoms with E-state index in [4.69, 9.17) is 0 Å². The van der Waals surface area contributed by atoms with Crippen LogP contribution < -0.4 is 5.32 Å². The lowest BCUT2D eigenvalue weighted by atomic mass is 9.91. The van der Waals surface area contributed by atoms with Crippen molar-refractivity contribution in [2.24, 2.45) is 17.8 Å². The Morgan fingerprint density at radius 2 is 1.64 bits per heavy atom. The number of fused-ring (bicyclic) bond motifs is 1. The molecule has 6 rings (SSSR count). The molecular formula is C30H34N2O3S. The first-order valence-corrected chi connectivity index (χ1v) is 14.5. The Labute approximate surface area is 217 Å². The molecule has 0 radical (unpaired) electrons. The Bertz CT molecular complexity index is 1160. The molecule has 2 aromatic rings. The second-order valence-corrected chi connectivity index (χ2v) is 12.0. The molecule has 1 saturated heterocycles. The van der Waals surface area contributed by atoms with Gasteiger partial charge in [0, 0.05) is 29.2 Å². The van der Waals surface area contributed by atoms with E-state index in [9.17, 15) is 14.4 Å². The van der Waals surface area contributed by atoms with Crippen molar-refractivity contribution in [2.45, 2.75) is 81.0 Å². The van der Waals surface area contributed by atoms with Crippen LogP contribution in [0.1, 0.15) is 78.4 Å². The SMILES string of the molecule is O=C1CCC(N2Cc3c(SCc4ccc(CCCC(C5CC5)C5CC5)cc4)cccc3C2=O)C(=O)N1. The third-order valence-corrected chi connectivity index (χ3v) is 9.59. The number of hydrogen-bond donors (Lipinski definition) is 1. The topological polar surface area (TPSA) is 66.5 Å². The van der Waals surface area contributed by atoms with Crippen molar-refractivity contribution in [1.29, 1.82) is 0 Å². The molecule has 2 aromatic carbocycles. The van der Waals surface area contributed by atoms with Crippen LogP contribution in [0.2, 0.25) is 0 Å². The van der Waals surface area contributed by atoms with Gasteiger partial charge in [-0.3, -0.25) is 19.7 Å². The molecule has 1 atom stereocenters. The number of imide groups is 1. The number of thioether (sulfide) groups is 1. The molecule has 2 saturated carbocycles. The van der Waals surface area contributed by atoms with Gasteiger partial charge in [0.1, 0.15) is 6.04 Å². The van der Waals surface area contributed by atoms with Crippen LogP contribution in [-0.4, -0.2) is 28.7 Å². The van der Waals surface area contributed by atoms with Gasteiger partial charge in [0.05, 0.1) is 0 Å². The number of rotatable bonds is 10. The van der Waals surface area contributed by atoms with Crippen molar-refractivity contribution in [3.8, 4) is 0 Å². The number of carbonyl (C=O) groups excluding carboxylic acids is 3. The van der Waals surface area contributed by atoms with E-state index in [0.717, 1.165) is 34.0 Å². The number of nitrogens with zero attached hydrogens (tertiary/aromatic N) is 1. The van der Waals surface area contributed by atoms with E-state index in [2.05, 4.69) is 35.6 Å². The Balaban J connectivity index is 1.04. The summed E-state index contributed by atoms with van der Waals surface area (Å²) < 4.78 is 0. The number of carbonyl (C=O) groups is 3. The maximum Gasteiger partial charge on any atom is 0.255 e. The zero-order valence-corrected chi connectivity index (χ0v) is 21.5. The van der Waals surface area contributed by atoms with Gasteiger partial charge in [0.25, 0.3) is 5.91 Å². The second-order valence-electron chi connectivity index (χ2n) is 11.0. The normalized spacial score (nSPS) is 21.8. The molecule has 0 spiro atoms. The van der Waals surface area contributed by atoms with Gasteiger partial charge < -0.3 is 4.90 Å². The second kappa shape index (κ2) is 10.0. The van der Waals surface area contributed by atoms with Gasteiger partial charge in [-0.05, 0) is 97.9 Å². The maximum atomic E-state index is 13.0. The van der Waals surface area contributed by atoms with Crippen molar-refractivity contribution in [3.63, 3.8) is 0 Å². The van der Waals surface area contributed by atoms with Crippen LogP contribution >= 0.6 is 11.8 Å². The predicted molar refractivity (Wildman–Crippen MR) is 140 cm³/mol. The first kappa shape index (κ1) is 23.8. The summed E-state index contributed by atoms with van der Waals surface area (Å²) in [6.07, 6.45) is 10.4. The fourth-order valence-electron chi connectivity index (χ4n) is 6.10. The third kappa shape index (κ3) is 5.10. The predicted octanol–water partition coefficient (Wildman–Crippen LogP) is 5.50. The molecule has 2 heterocycles. The molecule has 0 bridgehead atoms. The van der Waals surface area contributed by atoms with Gasteiger partial charge in [-0.15, -0.1) is 11.8 Å². The van der Waals surface area contributed by atoms with E-state index in [1.807, 2.05) is 12.1 Å². The molecule has 1 N–H and O–H groups in total. The van der Waals surface area contributed by atoms with Crippen LogP contribution in [0.3, 0.4) is 0 Å². The average Bonchev–Trinajstić information content (AvgIpc) is 3.81. The zero-order valence-electron chi connectivity index (χ0n) is 20.7. The summed E-state index contributed by atoms with van der Waals surface area (Å²) in [5, 5.41) is 2.38. The van der Waals surface area contributed by atoms with Crippen molar-refractivity contribution in [3.05, 3.63) is 64.7 Å². The summed E-state index contributed by atoms with van der Waals surface area (Å²) >= 11 is 1.75. The molecule has 36 heavy (non-hydrogen) atoms. The fraction of sp³-hybridized carbons (Fsp3) is 0.500. The zero-order chi connectivity index (χ0) is 24.6. The van der Waals surface area contributed by atoms with Gasteiger partial charge >= 0.3 is 0 Å². The molecule has 6 heteroatoms. The molecule has 3 fully saturated rings. The molecule has 2 aliphatic heterocycles. The highest BCUT2D eigenvalue weighted by atomic mass is 32.2. The van der Waals surface area contributed by atoms with E-state index in [1.165, 1.54) is 56.1 Å². The lowest BCUT2D eigenvalue weighted by Crippen LogP contribution is -2.52. The van der Waals surface area contributed by atoms with Crippen molar-refractivity contribution >= 4 is 29.5 Å². The highest BCUT2D eigenvalue weighted by Crippen LogP contribution is 2.51. The van der Waals surface area contributed by atoms with Crippen LogP contribution in [0.15, 0.2) is 47.4 Å². The molecule has 1 unspecified atom stereocenters. The Morgan fingerprint density at radius 3 is 2.33 bits per heavy atom. The molecular weight excluding hydrogens is 468 g/mol. The standard InChI is InChI=1S/C30H34N2O3S/c33-28-16-15-26(29(34)31-28)32-17-25-24(30(32)35)5-2-6-27(25)36-18-20-9-7-19(8-10-20)3-1-4-23(21-11-12-21)22-13-14-22/h2,5-10,21-23,26H,1,3-4,11-18H2,(H,31,33,34). The van der Waals surface area contributed by atoms with Crippen molar-refractivity contribution in [1.82, 2.24) is 10.2 Å². The fourth-order valence-corrected chi connectivity index (χ4v) is 7.14. The lowest BCUT2D eigenvalue weighted by Gasteiger charge is -2.29. The van der Waals surface area contributed by atoms with Crippen LogP contribution in [0, 0.1) is 17.8 Å². The first-order valence-electron chi connectivity index (χ1n) is 13.5. The number of nitrogens with one attached hydrogen (secondary N) is 1. The number of hydrogen-bond acceptors (Lipinski definition) is 4. The summed E-state index contributed by atoms with van der Waals surface area (Å²) in [7, 11) is 0. The Hall–Kier alpha value is -2.60. The van der Waals surface area contributed by atoms with E-state index in [0.29, 0.717) is 18.5 Å². The minimum Gasteiger partial charge on any atom is -0.322 e. The molecule has 3 amide bonds. The number of amides is 3. The van der Waals surface area contributed by atoms with E-state index >= 15 is 0 Å². The van der Waals surface area contributed by atoms with Gasteiger partial charge in [0.2, 0.25) is 11.8 Å². The lowest BCUT2D eigenvalue weighted by molar-refractivity contribution is -0.136. The number of benzene rings is 2. The monoisotopic (exact) mass is 502 g/mol. The molecule has 188 valence electrons. The van der Waals surface area contributed by atoms with Gasteiger partial charge in [-0.2, -0.15) is 0 Å². The van der Waals surface area contributed by atoms with E-state index < -0.39 is 6.04 Å². The van der Waals surface area contributed by atoms with Crippen LogP contribution in [0.4, 0.5) is 0 Å². The summed E-state index contributed by atoms with van der Waals surface area (Å²) in [4.78, 5) is 39.6.